The van der Waals surface area contributed by atoms with Gasteiger partial charge in [0, 0.05) is 29.9 Å². The number of halogens is 2. The van der Waals surface area contributed by atoms with Crippen molar-refractivity contribution in [2.24, 2.45) is 0 Å². The number of hydrogen-bond acceptors (Lipinski definition) is 4. The van der Waals surface area contributed by atoms with Crippen LogP contribution in [-0.4, -0.2) is 35.3 Å². The maximum Gasteiger partial charge on any atom is 0.244 e. The van der Waals surface area contributed by atoms with Crippen LogP contribution in [-0.2, 0) is 16.0 Å². The molecule has 0 aliphatic carbocycles. The summed E-state index contributed by atoms with van der Waals surface area (Å²) in [6.45, 7) is -0.0450. The molecule has 0 bridgehead atoms. The second-order valence-corrected chi connectivity index (χ2v) is 7.64. The number of carbonyl (C=O) groups excluding carboxylic acids is 2. The summed E-state index contributed by atoms with van der Waals surface area (Å²) in [7, 11) is 1.59. The van der Waals surface area contributed by atoms with Gasteiger partial charge >= 0.3 is 0 Å². The van der Waals surface area contributed by atoms with Gasteiger partial charge in [-0.2, -0.15) is 0 Å². The first-order valence-corrected chi connectivity index (χ1v) is 10.1. The fourth-order valence-corrected chi connectivity index (χ4v) is 3.28. The summed E-state index contributed by atoms with van der Waals surface area (Å²) in [5.74, 6) is 0.549. The van der Waals surface area contributed by atoms with E-state index >= 15 is 0 Å². The Kier molecular flexibility index (Phi) is 7.06. The molecule has 0 spiro atoms. The van der Waals surface area contributed by atoms with E-state index in [4.69, 9.17) is 16.0 Å². The van der Waals surface area contributed by atoms with Crippen LogP contribution in [0.3, 0.4) is 0 Å². The van der Waals surface area contributed by atoms with E-state index in [-0.39, 0.29) is 24.8 Å². The minimum atomic E-state index is -0.273. The van der Waals surface area contributed by atoms with E-state index < -0.39 is 0 Å². The van der Waals surface area contributed by atoms with Gasteiger partial charge < -0.3 is 14.6 Å². The highest BCUT2D eigenvalue weighted by molar-refractivity contribution is 9.10. The first kappa shape index (κ1) is 21.1. The zero-order chi connectivity index (χ0) is 20.8. The molecule has 0 aliphatic heterocycles. The Morgan fingerprint density at radius 3 is 2.66 bits per heavy atom. The Morgan fingerprint density at radius 2 is 1.90 bits per heavy atom. The van der Waals surface area contributed by atoms with Gasteiger partial charge in [0.15, 0.2) is 11.7 Å². The number of aromatic nitrogens is 1. The summed E-state index contributed by atoms with van der Waals surface area (Å²) in [6.07, 6.45) is 2.11. The quantitative estimate of drug-likeness (QED) is 0.532. The SMILES string of the molecule is CN(CC(=O)Nc1ccccc1Br)C(=O)CCc1ncc(-c2ccccc2Cl)o1. The maximum absolute atomic E-state index is 12.3. The van der Waals surface area contributed by atoms with E-state index in [2.05, 4.69) is 26.2 Å². The molecular formula is C21H19BrClN3O3. The number of carbonyl (C=O) groups is 2. The first-order valence-electron chi connectivity index (χ1n) is 8.92. The molecule has 1 aromatic heterocycles. The van der Waals surface area contributed by atoms with Crippen molar-refractivity contribution >= 4 is 45.0 Å². The standard InChI is InChI=1S/C21H19BrClN3O3/c1-26(13-19(27)25-17-9-5-3-7-15(17)22)21(28)11-10-20-24-12-18(29-20)14-6-2-4-8-16(14)23/h2-9,12H,10-11,13H2,1H3,(H,25,27). The van der Waals surface area contributed by atoms with E-state index in [9.17, 15) is 9.59 Å². The monoisotopic (exact) mass is 475 g/mol. The van der Waals surface area contributed by atoms with Gasteiger partial charge in [0.2, 0.25) is 11.8 Å². The van der Waals surface area contributed by atoms with Crippen LogP contribution in [0.1, 0.15) is 12.3 Å². The highest BCUT2D eigenvalue weighted by atomic mass is 79.9. The Morgan fingerprint density at radius 1 is 1.17 bits per heavy atom. The number of hydrogen-bond donors (Lipinski definition) is 1. The molecule has 8 heteroatoms. The zero-order valence-electron chi connectivity index (χ0n) is 15.7. The number of aryl methyl sites for hydroxylation is 1. The van der Waals surface area contributed by atoms with Crippen LogP contribution in [0.2, 0.25) is 5.02 Å². The first-order chi connectivity index (χ1) is 13.9. The smallest absolute Gasteiger partial charge is 0.244 e. The number of benzene rings is 2. The van der Waals surface area contributed by atoms with Crippen LogP contribution in [0.15, 0.2) is 63.6 Å². The lowest BCUT2D eigenvalue weighted by atomic mass is 10.2. The third-order valence-electron chi connectivity index (χ3n) is 4.20. The molecular weight excluding hydrogens is 458 g/mol. The number of anilines is 1. The number of rotatable bonds is 7. The van der Waals surface area contributed by atoms with Crippen LogP contribution >= 0.6 is 27.5 Å². The van der Waals surface area contributed by atoms with Gasteiger partial charge in [-0.1, -0.05) is 35.9 Å². The normalized spacial score (nSPS) is 10.6. The summed E-state index contributed by atoms with van der Waals surface area (Å²) in [5, 5.41) is 3.34. The van der Waals surface area contributed by atoms with Crippen molar-refractivity contribution in [1.82, 2.24) is 9.88 Å². The average Bonchev–Trinajstić information content (AvgIpc) is 3.17. The minimum Gasteiger partial charge on any atom is -0.441 e. The Hall–Kier alpha value is -2.64. The number of oxazole rings is 1. The second-order valence-electron chi connectivity index (χ2n) is 6.38. The summed E-state index contributed by atoms with van der Waals surface area (Å²) in [5.41, 5.74) is 1.41. The minimum absolute atomic E-state index is 0.0450. The Bertz CT molecular complexity index is 1020. The highest BCUT2D eigenvalue weighted by Crippen LogP contribution is 2.28. The lowest BCUT2D eigenvalue weighted by molar-refractivity contribution is -0.133. The van der Waals surface area contributed by atoms with E-state index in [0.29, 0.717) is 28.8 Å². The van der Waals surface area contributed by atoms with Crippen LogP contribution in [0.4, 0.5) is 5.69 Å². The van der Waals surface area contributed by atoms with Gasteiger partial charge in [0.1, 0.15) is 0 Å². The Balaban J connectivity index is 1.51. The van der Waals surface area contributed by atoms with Gasteiger partial charge in [-0.15, -0.1) is 0 Å². The van der Waals surface area contributed by atoms with Crippen molar-refractivity contribution in [3.05, 3.63) is 70.1 Å². The molecule has 3 aromatic rings. The summed E-state index contributed by atoms with van der Waals surface area (Å²) < 4.78 is 6.48. The average molecular weight is 477 g/mol. The molecule has 0 radical (unpaired) electrons. The van der Waals surface area contributed by atoms with Crippen molar-refractivity contribution in [3.63, 3.8) is 0 Å². The van der Waals surface area contributed by atoms with Gasteiger partial charge in [0.05, 0.1) is 23.5 Å². The van der Waals surface area contributed by atoms with Crippen molar-refractivity contribution < 1.29 is 14.0 Å². The molecule has 6 nitrogen and oxygen atoms in total. The second kappa shape index (κ2) is 9.71. The molecule has 1 N–H and O–H groups in total. The molecule has 150 valence electrons. The molecule has 2 amide bonds. The molecule has 0 unspecified atom stereocenters. The lowest BCUT2D eigenvalue weighted by Crippen LogP contribution is -2.35. The van der Waals surface area contributed by atoms with Crippen LogP contribution < -0.4 is 5.32 Å². The molecule has 3 rings (SSSR count). The fraction of sp³-hybridized carbons (Fsp3) is 0.190. The third-order valence-corrected chi connectivity index (χ3v) is 5.22. The lowest BCUT2D eigenvalue weighted by Gasteiger charge is -2.16. The van der Waals surface area contributed by atoms with E-state index in [1.807, 2.05) is 36.4 Å². The number of amides is 2. The van der Waals surface area contributed by atoms with Crippen molar-refractivity contribution in [2.45, 2.75) is 12.8 Å². The topological polar surface area (TPSA) is 75.4 Å². The number of para-hydroxylation sites is 1. The van der Waals surface area contributed by atoms with Gasteiger partial charge in [0.25, 0.3) is 0 Å². The molecule has 0 aliphatic rings. The number of nitrogens with zero attached hydrogens (tertiary/aromatic N) is 2. The molecule has 29 heavy (non-hydrogen) atoms. The van der Waals surface area contributed by atoms with Crippen molar-refractivity contribution in [2.75, 3.05) is 18.9 Å². The number of likely N-dealkylation sites (N-methyl/N-ethyl adjacent to an activating group) is 1. The van der Waals surface area contributed by atoms with Gasteiger partial charge in [-0.25, -0.2) is 4.98 Å². The molecule has 2 aromatic carbocycles. The predicted molar refractivity (Wildman–Crippen MR) is 116 cm³/mol. The van der Waals surface area contributed by atoms with Crippen LogP contribution in [0.25, 0.3) is 11.3 Å². The Labute approximate surface area is 182 Å². The molecule has 0 atom stereocenters. The van der Waals surface area contributed by atoms with Gasteiger partial charge in [-0.3, -0.25) is 9.59 Å². The number of nitrogens with one attached hydrogen (secondary N) is 1. The largest absolute Gasteiger partial charge is 0.441 e. The van der Waals surface area contributed by atoms with Crippen molar-refractivity contribution in [3.8, 4) is 11.3 Å². The summed E-state index contributed by atoms with van der Waals surface area (Å²) in [6, 6.07) is 14.6. The summed E-state index contributed by atoms with van der Waals surface area (Å²) >= 11 is 9.54. The van der Waals surface area contributed by atoms with Crippen LogP contribution in [0.5, 0.6) is 0 Å². The predicted octanol–water partition coefficient (Wildman–Crippen LogP) is 4.79. The zero-order valence-corrected chi connectivity index (χ0v) is 18.0. The molecule has 0 saturated heterocycles. The van der Waals surface area contributed by atoms with E-state index in [1.54, 1.807) is 25.4 Å². The van der Waals surface area contributed by atoms with E-state index in [0.717, 1.165) is 10.0 Å². The third kappa shape index (κ3) is 5.68. The van der Waals surface area contributed by atoms with Gasteiger partial charge in [-0.05, 0) is 40.2 Å². The fourth-order valence-electron chi connectivity index (χ4n) is 2.67. The molecule has 0 fully saturated rings. The molecule has 0 saturated carbocycles. The molecule has 1 heterocycles. The van der Waals surface area contributed by atoms with Crippen LogP contribution in [0, 0.1) is 0 Å². The highest BCUT2D eigenvalue weighted by Gasteiger charge is 2.16. The summed E-state index contributed by atoms with van der Waals surface area (Å²) in [4.78, 5) is 30.1. The maximum atomic E-state index is 12.3. The van der Waals surface area contributed by atoms with E-state index in [1.165, 1.54) is 4.90 Å². The van der Waals surface area contributed by atoms with Crippen molar-refractivity contribution in [1.29, 1.82) is 0 Å².